The molecule has 1 amide bonds. The lowest BCUT2D eigenvalue weighted by molar-refractivity contribution is -0.118. The summed E-state index contributed by atoms with van der Waals surface area (Å²) in [6.07, 6.45) is 4.58. The van der Waals surface area contributed by atoms with E-state index < -0.39 is 12.5 Å². The average Bonchev–Trinajstić information content (AvgIpc) is 2.87. The van der Waals surface area contributed by atoms with Crippen molar-refractivity contribution >= 4 is 17.3 Å². The number of benzene rings is 1. The van der Waals surface area contributed by atoms with Gasteiger partial charge in [0.1, 0.15) is 6.61 Å². The first-order valence-corrected chi connectivity index (χ1v) is 6.95. The van der Waals surface area contributed by atoms with Crippen LogP contribution in [-0.2, 0) is 11.2 Å². The van der Waals surface area contributed by atoms with Crippen LogP contribution < -0.4 is 15.5 Å². The quantitative estimate of drug-likeness (QED) is 0.744. The fourth-order valence-electron chi connectivity index (χ4n) is 2.44. The molecule has 1 aromatic carbocycles. The van der Waals surface area contributed by atoms with Crippen molar-refractivity contribution in [3.8, 4) is 0 Å². The number of anilines is 2. The molecule has 3 N–H and O–H groups in total. The Kier molecular flexibility index (Phi) is 5.00. The zero-order valence-electron chi connectivity index (χ0n) is 12.2. The van der Waals surface area contributed by atoms with Crippen LogP contribution >= 0.6 is 0 Å². The summed E-state index contributed by atoms with van der Waals surface area (Å²) in [4.78, 5) is 13.5. The summed E-state index contributed by atoms with van der Waals surface area (Å²) < 4.78 is 0. The summed E-state index contributed by atoms with van der Waals surface area (Å²) in [6.45, 7) is 6.96. The molecule has 0 bridgehead atoms. The Balaban J connectivity index is 2.12. The van der Waals surface area contributed by atoms with Crippen LogP contribution in [0, 0.1) is 0 Å². The van der Waals surface area contributed by atoms with Gasteiger partial charge in [0.2, 0.25) is 5.91 Å². The highest BCUT2D eigenvalue weighted by Gasteiger charge is 2.19. The van der Waals surface area contributed by atoms with Crippen molar-refractivity contribution in [2.75, 3.05) is 29.9 Å². The molecule has 0 fully saturated rings. The van der Waals surface area contributed by atoms with Gasteiger partial charge >= 0.3 is 0 Å². The monoisotopic (exact) mass is 287 g/mol. The Bertz CT molecular complexity index is 567. The van der Waals surface area contributed by atoms with Crippen LogP contribution in [0.1, 0.15) is 12.5 Å². The number of carbonyl (C=O) groups is 1. The molecular weight excluding hydrogens is 266 g/mol. The highest BCUT2D eigenvalue weighted by molar-refractivity contribution is 5.92. The molecule has 5 heteroatoms. The molecule has 0 radical (unpaired) electrons. The van der Waals surface area contributed by atoms with Gasteiger partial charge in [0.25, 0.3) is 0 Å². The number of fused-ring (bicyclic) bond motifs is 1. The van der Waals surface area contributed by atoms with Crippen LogP contribution in [0.2, 0.25) is 0 Å². The predicted molar refractivity (Wildman–Crippen MR) is 85.2 cm³/mol. The Morgan fingerprint density at radius 1 is 1.52 bits per heavy atom. The largest absolute Gasteiger partial charge is 0.387 e. The van der Waals surface area contributed by atoms with Gasteiger partial charge in [-0.1, -0.05) is 12.6 Å². The van der Waals surface area contributed by atoms with Gasteiger partial charge < -0.3 is 20.6 Å². The van der Waals surface area contributed by atoms with Crippen LogP contribution in [0.15, 0.2) is 42.8 Å². The highest BCUT2D eigenvalue weighted by Crippen LogP contribution is 2.31. The number of nitrogens with zero attached hydrogens (tertiary/aromatic N) is 1. The molecule has 21 heavy (non-hydrogen) atoms. The third kappa shape index (κ3) is 3.86. The van der Waals surface area contributed by atoms with E-state index in [0.29, 0.717) is 5.69 Å². The molecule has 0 aromatic heterocycles. The summed E-state index contributed by atoms with van der Waals surface area (Å²) in [5, 5.41) is 14.5. The number of carbonyl (C=O) groups excluding carboxylic acids is 1. The van der Waals surface area contributed by atoms with Crippen molar-refractivity contribution in [3.63, 3.8) is 0 Å². The minimum Gasteiger partial charge on any atom is -0.387 e. The van der Waals surface area contributed by atoms with Crippen molar-refractivity contribution in [2.45, 2.75) is 13.3 Å². The standard InChI is InChI=1S/C16H21N3O2/c1-3-17-9-12(2)10-19-7-6-13-4-5-14(8-15(13)19)18-16(21)11-20/h3-5,8-9,17,20H,1,6-7,10-11H2,2H3,(H,18,21)/b12-9+. The summed E-state index contributed by atoms with van der Waals surface area (Å²) in [5.41, 5.74) is 4.33. The smallest absolute Gasteiger partial charge is 0.250 e. The van der Waals surface area contributed by atoms with E-state index in [1.165, 1.54) is 11.1 Å². The summed E-state index contributed by atoms with van der Waals surface area (Å²) in [6, 6.07) is 5.87. The van der Waals surface area contributed by atoms with E-state index in [-0.39, 0.29) is 0 Å². The van der Waals surface area contributed by atoms with Gasteiger partial charge in [0.05, 0.1) is 0 Å². The lowest BCUT2D eigenvalue weighted by atomic mass is 10.1. The molecule has 5 nitrogen and oxygen atoms in total. The normalized spacial score (nSPS) is 13.8. The lowest BCUT2D eigenvalue weighted by Crippen LogP contribution is -2.23. The minimum atomic E-state index is -0.504. The number of amides is 1. The van der Waals surface area contributed by atoms with Gasteiger partial charge in [0, 0.05) is 30.7 Å². The van der Waals surface area contributed by atoms with Crippen LogP contribution in [0.3, 0.4) is 0 Å². The molecular formula is C16H21N3O2. The van der Waals surface area contributed by atoms with Crippen LogP contribution in [0.4, 0.5) is 11.4 Å². The predicted octanol–water partition coefficient (Wildman–Crippen LogP) is 1.62. The average molecular weight is 287 g/mol. The fraction of sp³-hybridized carbons (Fsp3) is 0.312. The maximum atomic E-state index is 11.3. The topological polar surface area (TPSA) is 64.6 Å². The molecule has 0 saturated carbocycles. The number of aliphatic hydroxyl groups is 1. The number of aliphatic hydroxyl groups excluding tert-OH is 1. The highest BCUT2D eigenvalue weighted by atomic mass is 16.3. The van der Waals surface area contributed by atoms with Crippen LogP contribution in [-0.4, -0.2) is 30.7 Å². The second kappa shape index (κ2) is 6.95. The number of hydrogen-bond acceptors (Lipinski definition) is 4. The number of hydrogen-bond donors (Lipinski definition) is 3. The van der Waals surface area contributed by atoms with E-state index >= 15 is 0 Å². The Labute approximate surface area is 125 Å². The van der Waals surface area contributed by atoms with Crippen LogP contribution in [0.5, 0.6) is 0 Å². The van der Waals surface area contributed by atoms with E-state index in [1.54, 1.807) is 6.20 Å². The molecule has 0 spiro atoms. The maximum Gasteiger partial charge on any atom is 0.250 e. The molecule has 2 rings (SSSR count). The van der Waals surface area contributed by atoms with Gasteiger partial charge in [0.15, 0.2) is 0 Å². The Hall–Kier alpha value is -2.27. The van der Waals surface area contributed by atoms with Crippen LogP contribution in [0.25, 0.3) is 0 Å². The summed E-state index contributed by atoms with van der Waals surface area (Å²) >= 11 is 0. The summed E-state index contributed by atoms with van der Waals surface area (Å²) in [7, 11) is 0. The van der Waals surface area contributed by atoms with Crippen molar-refractivity contribution in [1.82, 2.24) is 5.32 Å². The van der Waals surface area contributed by atoms with Gasteiger partial charge in [-0.15, -0.1) is 0 Å². The summed E-state index contributed by atoms with van der Waals surface area (Å²) in [5.74, 6) is -0.397. The zero-order valence-corrected chi connectivity index (χ0v) is 12.2. The molecule has 1 aromatic rings. The van der Waals surface area contributed by atoms with Gasteiger partial charge in [-0.25, -0.2) is 0 Å². The lowest BCUT2D eigenvalue weighted by Gasteiger charge is -2.20. The van der Waals surface area contributed by atoms with E-state index in [1.807, 2.05) is 24.4 Å². The fourth-order valence-corrected chi connectivity index (χ4v) is 2.44. The third-order valence-corrected chi connectivity index (χ3v) is 3.39. The first-order chi connectivity index (χ1) is 10.1. The molecule has 0 unspecified atom stereocenters. The van der Waals surface area contributed by atoms with Crippen molar-refractivity contribution in [1.29, 1.82) is 0 Å². The van der Waals surface area contributed by atoms with Gasteiger partial charge in [-0.3, -0.25) is 4.79 Å². The van der Waals surface area contributed by atoms with Crippen molar-refractivity contribution in [3.05, 3.63) is 48.3 Å². The zero-order chi connectivity index (χ0) is 15.2. The molecule has 1 aliphatic heterocycles. The molecule has 0 atom stereocenters. The third-order valence-electron chi connectivity index (χ3n) is 3.39. The minimum absolute atomic E-state index is 0.397. The van der Waals surface area contributed by atoms with E-state index in [2.05, 4.69) is 29.0 Å². The Morgan fingerprint density at radius 3 is 3.05 bits per heavy atom. The first kappa shape index (κ1) is 15.1. The maximum absolute atomic E-state index is 11.3. The van der Waals surface area contributed by atoms with E-state index in [4.69, 9.17) is 5.11 Å². The second-order valence-electron chi connectivity index (χ2n) is 5.08. The first-order valence-electron chi connectivity index (χ1n) is 6.95. The molecule has 0 saturated heterocycles. The van der Waals surface area contributed by atoms with Crippen molar-refractivity contribution in [2.24, 2.45) is 0 Å². The van der Waals surface area contributed by atoms with E-state index in [9.17, 15) is 4.79 Å². The second-order valence-corrected chi connectivity index (χ2v) is 5.08. The van der Waals surface area contributed by atoms with Gasteiger partial charge in [-0.2, -0.15) is 0 Å². The molecule has 0 aliphatic carbocycles. The van der Waals surface area contributed by atoms with Gasteiger partial charge in [-0.05, 0) is 42.8 Å². The molecule has 1 aliphatic rings. The molecule has 1 heterocycles. The van der Waals surface area contributed by atoms with E-state index in [0.717, 1.165) is 25.2 Å². The number of rotatable bonds is 6. The SMILES string of the molecule is C=CN/C=C(\C)CN1CCc2ccc(NC(=O)CO)cc21. The number of nitrogens with one attached hydrogen (secondary N) is 2. The Morgan fingerprint density at radius 2 is 2.33 bits per heavy atom. The molecule has 112 valence electrons. The van der Waals surface area contributed by atoms with Crippen molar-refractivity contribution < 1.29 is 9.90 Å².